The summed E-state index contributed by atoms with van der Waals surface area (Å²) in [7, 11) is 0. The molecule has 0 spiro atoms. The van der Waals surface area contributed by atoms with Crippen LogP contribution in [0.25, 0.3) is 0 Å². The van der Waals surface area contributed by atoms with Gasteiger partial charge < -0.3 is 10.1 Å². The fraction of sp³-hybridized carbons (Fsp3) is 0.222. The molecular formula is C18H17ClFNO3. The van der Waals surface area contributed by atoms with Gasteiger partial charge >= 0.3 is 0 Å². The van der Waals surface area contributed by atoms with Crippen LogP contribution in [0, 0.1) is 5.82 Å². The number of hydrogen-bond donors (Lipinski definition) is 1. The van der Waals surface area contributed by atoms with E-state index in [1.54, 1.807) is 24.3 Å². The molecule has 126 valence electrons. The van der Waals surface area contributed by atoms with Crippen molar-refractivity contribution in [3.8, 4) is 5.75 Å². The Hall–Kier alpha value is -2.40. The maximum absolute atomic E-state index is 13.6. The van der Waals surface area contributed by atoms with Crippen LogP contribution in [0.2, 0.25) is 5.02 Å². The Kier molecular flexibility index (Phi) is 6.32. The molecule has 0 fully saturated rings. The largest absolute Gasteiger partial charge is 0.494 e. The lowest BCUT2D eigenvalue weighted by atomic mass is 10.1. The van der Waals surface area contributed by atoms with Crippen LogP contribution in [-0.2, 0) is 4.79 Å². The first-order chi connectivity index (χ1) is 11.5. The molecule has 0 heterocycles. The molecule has 4 nitrogen and oxygen atoms in total. The summed E-state index contributed by atoms with van der Waals surface area (Å²) in [5.74, 6) is -0.249. The van der Waals surface area contributed by atoms with E-state index >= 15 is 0 Å². The van der Waals surface area contributed by atoms with Crippen LogP contribution in [-0.4, -0.2) is 18.3 Å². The standard InChI is InChI=1S/C18H17ClFNO3/c1-12(22)13-4-7-15(8-5-13)24-10-2-3-18(23)21-17-9-6-14(19)11-16(17)20/h4-9,11H,2-3,10H2,1H3,(H,21,23). The summed E-state index contributed by atoms with van der Waals surface area (Å²) >= 11 is 5.65. The lowest BCUT2D eigenvalue weighted by Gasteiger charge is -2.08. The first-order valence-electron chi connectivity index (χ1n) is 7.44. The zero-order valence-electron chi connectivity index (χ0n) is 13.1. The van der Waals surface area contributed by atoms with Crippen LogP contribution in [0.15, 0.2) is 42.5 Å². The van der Waals surface area contributed by atoms with Crippen molar-refractivity contribution in [2.24, 2.45) is 0 Å². The van der Waals surface area contributed by atoms with E-state index in [2.05, 4.69) is 5.32 Å². The van der Waals surface area contributed by atoms with Gasteiger partial charge in [-0.2, -0.15) is 0 Å². The number of ether oxygens (including phenoxy) is 1. The molecule has 2 aromatic rings. The number of amides is 1. The van der Waals surface area contributed by atoms with Crippen molar-refractivity contribution in [3.05, 3.63) is 58.9 Å². The first-order valence-corrected chi connectivity index (χ1v) is 7.82. The number of halogens is 2. The molecule has 0 aliphatic rings. The van der Waals surface area contributed by atoms with Gasteiger partial charge in [0.05, 0.1) is 12.3 Å². The molecule has 2 rings (SSSR count). The minimum atomic E-state index is -0.572. The molecule has 0 bridgehead atoms. The zero-order valence-corrected chi connectivity index (χ0v) is 13.9. The second-order valence-corrected chi connectivity index (χ2v) is 5.64. The number of ketones is 1. The summed E-state index contributed by atoms with van der Waals surface area (Å²) in [5.41, 5.74) is 0.719. The lowest BCUT2D eigenvalue weighted by Crippen LogP contribution is -2.13. The van der Waals surface area contributed by atoms with E-state index in [1.807, 2.05) is 0 Å². The lowest BCUT2D eigenvalue weighted by molar-refractivity contribution is -0.116. The Morgan fingerprint density at radius 1 is 1.17 bits per heavy atom. The monoisotopic (exact) mass is 349 g/mol. The van der Waals surface area contributed by atoms with Gasteiger partial charge in [0.15, 0.2) is 5.78 Å². The maximum Gasteiger partial charge on any atom is 0.224 e. The fourth-order valence-electron chi connectivity index (χ4n) is 2.01. The number of Topliss-reactive ketones (excluding diaryl/α,β-unsaturated/α-hetero) is 1. The number of carbonyl (C=O) groups is 2. The van der Waals surface area contributed by atoms with Crippen molar-refractivity contribution in [2.45, 2.75) is 19.8 Å². The molecule has 1 amide bonds. The first kappa shape index (κ1) is 17.9. The normalized spacial score (nSPS) is 10.3. The van der Waals surface area contributed by atoms with Gasteiger partial charge in [-0.25, -0.2) is 4.39 Å². The van der Waals surface area contributed by atoms with Crippen LogP contribution in [0.4, 0.5) is 10.1 Å². The second-order valence-electron chi connectivity index (χ2n) is 5.20. The van der Waals surface area contributed by atoms with Gasteiger partial charge in [-0.05, 0) is 55.8 Å². The van der Waals surface area contributed by atoms with Crippen LogP contribution in [0.3, 0.4) is 0 Å². The third-order valence-corrected chi connectivity index (χ3v) is 3.52. The number of benzene rings is 2. The molecule has 0 aliphatic carbocycles. The Bertz CT molecular complexity index is 732. The molecular weight excluding hydrogens is 333 g/mol. The number of carbonyl (C=O) groups excluding carboxylic acids is 2. The maximum atomic E-state index is 13.6. The summed E-state index contributed by atoms with van der Waals surface area (Å²) in [6.07, 6.45) is 0.684. The van der Waals surface area contributed by atoms with Gasteiger partial charge in [0.2, 0.25) is 5.91 Å². The molecule has 0 saturated heterocycles. The third kappa shape index (κ3) is 5.35. The van der Waals surface area contributed by atoms with Gasteiger partial charge in [-0.1, -0.05) is 11.6 Å². The van der Waals surface area contributed by atoms with Crippen LogP contribution >= 0.6 is 11.6 Å². The van der Waals surface area contributed by atoms with Gasteiger partial charge in [-0.15, -0.1) is 0 Å². The van der Waals surface area contributed by atoms with Gasteiger partial charge in [0, 0.05) is 17.0 Å². The summed E-state index contributed by atoms with van der Waals surface area (Å²) in [5, 5.41) is 2.76. The van der Waals surface area contributed by atoms with E-state index in [0.717, 1.165) is 6.07 Å². The van der Waals surface area contributed by atoms with Crippen molar-refractivity contribution in [3.63, 3.8) is 0 Å². The molecule has 0 radical (unpaired) electrons. The Balaban J connectivity index is 1.73. The van der Waals surface area contributed by atoms with E-state index in [4.69, 9.17) is 16.3 Å². The highest BCUT2D eigenvalue weighted by Crippen LogP contribution is 2.19. The van der Waals surface area contributed by atoms with Gasteiger partial charge in [0.25, 0.3) is 0 Å². The van der Waals surface area contributed by atoms with Crippen LogP contribution in [0.1, 0.15) is 30.1 Å². The minimum Gasteiger partial charge on any atom is -0.494 e. The second kappa shape index (κ2) is 8.45. The molecule has 0 saturated carbocycles. The minimum absolute atomic E-state index is 0.00680. The highest BCUT2D eigenvalue weighted by atomic mass is 35.5. The van der Waals surface area contributed by atoms with Crippen LogP contribution < -0.4 is 10.1 Å². The number of nitrogens with one attached hydrogen (secondary N) is 1. The van der Waals surface area contributed by atoms with E-state index < -0.39 is 5.82 Å². The van der Waals surface area contributed by atoms with Crippen molar-refractivity contribution in [2.75, 3.05) is 11.9 Å². The van der Waals surface area contributed by atoms with Crippen LogP contribution in [0.5, 0.6) is 5.75 Å². The van der Waals surface area contributed by atoms with Gasteiger partial charge in [0.1, 0.15) is 11.6 Å². The van der Waals surface area contributed by atoms with Gasteiger partial charge in [-0.3, -0.25) is 9.59 Å². The number of rotatable bonds is 7. The van der Waals surface area contributed by atoms with Crippen molar-refractivity contribution in [1.82, 2.24) is 0 Å². The van der Waals surface area contributed by atoms with Crippen molar-refractivity contribution < 1.29 is 18.7 Å². The zero-order chi connectivity index (χ0) is 17.5. The average Bonchev–Trinajstić information content (AvgIpc) is 2.55. The molecule has 2 aromatic carbocycles. The summed E-state index contributed by atoms with van der Waals surface area (Å²) in [6, 6.07) is 10.9. The molecule has 0 aromatic heterocycles. The SMILES string of the molecule is CC(=O)c1ccc(OCCCC(=O)Nc2ccc(Cl)cc2F)cc1. The molecule has 0 aliphatic heterocycles. The quantitative estimate of drug-likeness (QED) is 0.592. The number of hydrogen-bond acceptors (Lipinski definition) is 3. The molecule has 0 atom stereocenters. The molecule has 1 N–H and O–H groups in total. The third-order valence-electron chi connectivity index (χ3n) is 3.28. The molecule has 6 heteroatoms. The van der Waals surface area contributed by atoms with Crippen molar-refractivity contribution in [1.29, 1.82) is 0 Å². The fourth-order valence-corrected chi connectivity index (χ4v) is 2.17. The Morgan fingerprint density at radius 2 is 1.88 bits per heavy atom. The van der Waals surface area contributed by atoms with Crippen molar-refractivity contribution >= 4 is 29.0 Å². The molecule has 24 heavy (non-hydrogen) atoms. The highest BCUT2D eigenvalue weighted by molar-refractivity contribution is 6.30. The summed E-state index contributed by atoms with van der Waals surface area (Å²) < 4.78 is 19.1. The molecule has 0 unspecified atom stereocenters. The highest BCUT2D eigenvalue weighted by Gasteiger charge is 2.07. The van der Waals surface area contributed by atoms with E-state index in [1.165, 1.54) is 19.1 Å². The van der Waals surface area contributed by atoms with E-state index in [-0.39, 0.29) is 28.8 Å². The topological polar surface area (TPSA) is 55.4 Å². The van der Waals surface area contributed by atoms with E-state index in [9.17, 15) is 14.0 Å². The Morgan fingerprint density at radius 3 is 2.50 bits per heavy atom. The number of anilines is 1. The summed E-state index contributed by atoms with van der Waals surface area (Å²) in [4.78, 5) is 22.9. The smallest absolute Gasteiger partial charge is 0.224 e. The predicted molar refractivity (Wildman–Crippen MR) is 91.2 cm³/mol. The Labute approximate surface area is 144 Å². The average molecular weight is 350 g/mol. The summed E-state index contributed by atoms with van der Waals surface area (Å²) in [6.45, 7) is 1.84. The van der Waals surface area contributed by atoms with E-state index in [0.29, 0.717) is 24.3 Å². The predicted octanol–water partition coefficient (Wildman–Crippen LogP) is 4.48.